The van der Waals surface area contributed by atoms with Gasteiger partial charge in [-0.2, -0.15) is 5.10 Å². The third-order valence-electron chi connectivity index (χ3n) is 4.77. The van der Waals surface area contributed by atoms with E-state index in [-0.39, 0.29) is 11.9 Å². The molecule has 0 aliphatic carbocycles. The monoisotopic (exact) mass is 394 g/mol. The van der Waals surface area contributed by atoms with Crippen molar-refractivity contribution in [3.63, 3.8) is 0 Å². The number of benzene rings is 3. The molecule has 142 valence electrons. The van der Waals surface area contributed by atoms with Gasteiger partial charge in [-0.25, -0.2) is 4.39 Å². The van der Waals surface area contributed by atoms with Gasteiger partial charge in [0, 0.05) is 12.0 Å². The Labute approximate surface area is 169 Å². The van der Waals surface area contributed by atoms with E-state index in [9.17, 15) is 4.39 Å². The lowest BCUT2D eigenvalue weighted by Gasteiger charge is -2.25. The van der Waals surface area contributed by atoms with Gasteiger partial charge in [0.05, 0.1) is 29.1 Å². The molecule has 0 aromatic heterocycles. The maximum Gasteiger partial charge on any atom is 0.128 e. The summed E-state index contributed by atoms with van der Waals surface area (Å²) in [5, 5.41) is 7.23. The molecule has 0 bridgehead atoms. The molecular weight excluding hydrogens is 375 g/mol. The van der Waals surface area contributed by atoms with Gasteiger partial charge in [-0.3, -0.25) is 5.01 Å². The highest BCUT2D eigenvalue weighted by Crippen LogP contribution is 2.40. The Balaban J connectivity index is 1.74. The first-order chi connectivity index (χ1) is 13.7. The Morgan fingerprint density at radius 1 is 1.04 bits per heavy atom. The minimum atomic E-state index is -0.261. The van der Waals surface area contributed by atoms with Gasteiger partial charge in [-0.05, 0) is 55.0 Å². The fourth-order valence-corrected chi connectivity index (χ4v) is 3.66. The fraction of sp³-hybridized carbons (Fsp3) is 0.174. The van der Waals surface area contributed by atoms with Crippen molar-refractivity contribution in [3.05, 3.63) is 94.8 Å². The van der Waals surface area contributed by atoms with E-state index in [2.05, 4.69) is 0 Å². The van der Waals surface area contributed by atoms with Gasteiger partial charge < -0.3 is 4.74 Å². The zero-order chi connectivity index (χ0) is 19.5. The van der Waals surface area contributed by atoms with Crippen molar-refractivity contribution in [2.24, 2.45) is 5.10 Å². The molecule has 0 saturated carbocycles. The van der Waals surface area contributed by atoms with Gasteiger partial charge in [0.25, 0.3) is 0 Å². The zero-order valence-electron chi connectivity index (χ0n) is 15.5. The van der Waals surface area contributed by atoms with Crippen LogP contribution in [0, 0.1) is 5.82 Å². The maximum absolute atomic E-state index is 14.6. The molecule has 3 aromatic carbocycles. The first kappa shape index (κ1) is 18.5. The number of ether oxygens (including phenoxy) is 1. The molecule has 1 unspecified atom stereocenters. The lowest BCUT2D eigenvalue weighted by atomic mass is 9.97. The summed E-state index contributed by atoms with van der Waals surface area (Å²) < 4.78 is 20.1. The molecule has 4 rings (SSSR count). The molecule has 1 atom stereocenters. The second-order valence-corrected chi connectivity index (χ2v) is 6.95. The Kier molecular flexibility index (Phi) is 5.31. The van der Waals surface area contributed by atoms with Crippen molar-refractivity contribution >= 4 is 23.0 Å². The van der Waals surface area contributed by atoms with Crippen LogP contribution in [-0.4, -0.2) is 12.3 Å². The molecule has 0 N–H and O–H groups in total. The Morgan fingerprint density at radius 2 is 1.75 bits per heavy atom. The summed E-state index contributed by atoms with van der Waals surface area (Å²) in [5.74, 6) is 0.575. The summed E-state index contributed by atoms with van der Waals surface area (Å²) >= 11 is 6.42. The van der Waals surface area contributed by atoms with Gasteiger partial charge in [0.2, 0.25) is 0 Å². The standard InChI is InChI=1S/C23H20ClFN2O/c1-2-28-17-13-11-16(12-14-17)21-15-23(18-7-3-5-9-20(18)25)27(26-21)22-10-6-4-8-19(22)24/h3-14,23H,2,15H2,1H3. The minimum absolute atomic E-state index is 0.243. The normalized spacial score (nSPS) is 16.2. The summed E-state index contributed by atoms with van der Waals surface area (Å²) in [4.78, 5) is 0. The van der Waals surface area contributed by atoms with E-state index >= 15 is 0 Å². The van der Waals surface area contributed by atoms with Gasteiger partial charge >= 0.3 is 0 Å². The van der Waals surface area contributed by atoms with Crippen LogP contribution in [0.3, 0.4) is 0 Å². The number of hydrogen-bond donors (Lipinski definition) is 0. The first-order valence-electron chi connectivity index (χ1n) is 9.26. The lowest BCUT2D eigenvalue weighted by molar-refractivity contribution is 0.340. The molecule has 3 nitrogen and oxygen atoms in total. The molecule has 5 heteroatoms. The van der Waals surface area contributed by atoms with Crippen LogP contribution in [0.25, 0.3) is 0 Å². The highest BCUT2D eigenvalue weighted by atomic mass is 35.5. The minimum Gasteiger partial charge on any atom is -0.494 e. The molecule has 0 spiro atoms. The number of para-hydroxylation sites is 1. The smallest absolute Gasteiger partial charge is 0.128 e. The van der Waals surface area contributed by atoms with Crippen LogP contribution in [0.4, 0.5) is 10.1 Å². The molecule has 0 saturated heterocycles. The average Bonchev–Trinajstić information content (AvgIpc) is 3.14. The molecule has 0 radical (unpaired) electrons. The van der Waals surface area contributed by atoms with E-state index in [4.69, 9.17) is 21.4 Å². The summed E-state index contributed by atoms with van der Waals surface area (Å²) in [5.41, 5.74) is 3.24. The van der Waals surface area contributed by atoms with E-state index in [0.29, 0.717) is 23.6 Å². The Morgan fingerprint density at radius 3 is 2.46 bits per heavy atom. The van der Waals surface area contributed by atoms with Crippen molar-refractivity contribution in [3.8, 4) is 5.75 Å². The van der Waals surface area contributed by atoms with E-state index in [0.717, 1.165) is 22.7 Å². The van der Waals surface area contributed by atoms with E-state index in [1.165, 1.54) is 6.07 Å². The molecule has 1 heterocycles. The number of hydrazone groups is 1. The van der Waals surface area contributed by atoms with Crippen molar-refractivity contribution in [2.45, 2.75) is 19.4 Å². The first-order valence-corrected chi connectivity index (χ1v) is 9.64. The predicted octanol–water partition coefficient (Wildman–Crippen LogP) is 6.23. The van der Waals surface area contributed by atoms with Crippen molar-refractivity contribution < 1.29 is 9.13 Å². The van der Waals surface area contributed by atoms with Crippen LogP contribution in [0.2, 0.25) is 5.02 Å². The number of halogens is 2. The van der Waals surface area contributed by atoms with Gasteiger partial charge in [0.15, 0.2) is 0 Å². The second-order valence-electron chi connectivity index (χ2n) is 6.54. The molecular formula is C23H20ClFN2O. The van der Waals surface area contributed by atoms with Crippen LogP contribution in [-0.2, 0) is 0 Å². The molecule has 1 aliphatic rings. The Bertz CT molecular complexity index is 1000. The van der Waals surface area contributed by atoms with E-state index in [1.807, 2.05) is 66.5 Å². The highest BCUT2D eigenvalue weighted by molar-refractivity contribution is 6.33. The molecule has 3 aromatic rings. The Hall–Kier alpha value is -2.85. The van der Waals surface area contributed by atoms with Crippen LogP contribution in [0.1, 0.15) is 30.5 Å². The fourth-order valence-electron chi connectivity index (χ4n) is 3.44. The molecule has 0 amide bonds. The average molecular weight is 395 g/mol. The third-order valence-corrected chi connectivity index (χ3v) is 5.09. The van der Waals surface area contributed by atoms with Crippen molar-refractivity contribution in [2.75, 3.05) is 11.6 Å². The lowest BCUT2D eigenvalue weighted by Crippen LogP contribution is -2.19. The number of nitrogens with zero attached hydrogens (tertiary/aromatic N) is 2. The summed E-state index contributed by atoms with van der Waals surface area (Å²) in [6.45, 7) is 2.57. The third kappa shape index (κ3) is 3.60. The molecule has 0 fully saturated rings. The highest BCUT2D eigenvalue weighted by Gasteiger charge is 2.32. The van der Waals surface area contributed by atoms with Gasteiger partial charge in [0.1, 0.15) is 11.6 Å². The van der Waals surface area contributed by atoms with E-state index in [1.54, 1.807) is 12.1 Å². The maximum atomic E-state index is 14.6. The van der Waals surface area contributed by atoms with Crippen LogP contribution >= 0.6 is 11.6 Å². The van der Waals surface area contributed by atoms with Gasteiger partial charge in [-0.15, -0.1) is 0 Å². The summed E-state index contributed by atoms with van der Waals surface area (Å²) in [6.07, 6.45) is 0.583. The van der Waals surface area contributed by atoms with Crippen LogP contribution < -0.4 is 9.75 Å². The summed E-state index contributed by atoms with van der Waals surface area (Å²) in [6, 6.07) is 21.9. The van der Waals surface area contributed by atoms with Gasteiger partial charge in [-0.1, -0.05) is 41.9 Å². The number of hydrogen-bond acceptors (Lipinski definition) is 3. The SMILES string of the molecule is CCOc1ccc(C2=NN(c3ccccc3Cl)C(c3ccccc3F)C2)cc1. The number of anilines is 1. The predicted molar refractivity (Wildman–Crippen MR) is 112 cm³/mol. The van der Waals surface area contributed by atoms with Crippen molar-refractivity contribution in [1.82, 2.24) is 0 Å². The summed E-state index contributed by atoms with van der Waals surface area (Å²) in [7, 11) is 0. The zero-order valence-corrected chi connectivity index (χ0v) is 16.2. The molecule has 28 heavy (non-hydrogen) atoms. The second kappa shape index (κ2) is 8.03. The topological polar surface area (TPSA) is 24.8 Å². The number of rotatable bonds is 5. The van der Waals surface area contributed by atoms with Crippen molar-refractivity contribution in [1.29, 1.82) is 0 Å². The quantitative estimate of drug-likeness (QED) is 0.512. The van der Waals surface area contributed by atoms with E-state index < -0.39 is 0 Å². The van der Waals surface area contributed by atoms with Crippen LogP contribution in [0.15, 0.2) is 77.9 Å². The molecule has 1 aliphatic heterocycles. The largest absolute Gasteiger partial charge is 0.494 e. The van der Waals surface area contributed by atoms with Crippen LogP contribution in [0.5, 0.6) is 5.75 Å².